The van der Waals surface area contributed by atoms with Gasteiger partial charge < -0.3 is 9.94 Å². The van der Waals surface area contributed by atoms with Gasteiger partial charge in [0.2, 0.25) is 5.88 Å². The third-order valence-electron chi connectivity index (χ3n) is 2.43. The molecule has 0 unspecified atom stereocenters. The molecule has 0 aliphatic heterocycles. The lowest BCUT2D eigenvalue weighted by Crippen LogP contribution is -2.21. The number of methoxy groups -OCH3 is 1. The summed E-state index contributed by atoms with van der Waals surface area (Å²) in [4.78, 5) is 16.3. The van der Waals surface area contributed by atoms with E-state index in [4.69, 9.17) is 9.94 Å². The second kappa shape index (κ2) is 4.25. The Balaban J connectivity index is 2.93. The number of hydrogen-bond acceptors (Lipinski definition) is 5. The van der Waals surface area contributed by atoms with Crippen LogP contribution in [-0.2, 0) is 0 Å². The number of aryl methyl sites for hydroxylation is 1. The highest BCUT2D eigenvalue weighted by molar-refractivity contribution is 5.82. The summed E-state index contributed by atoms with van der Waals surface area (Å²) >= 11 is 0. The van der Waals surface area contributed by atoms with E-state index in [1.807, 2.05) is 13.0 Å². The molecule has 0 spiro atoms. The fourth-order valence-corrected chi connectivity index (χ4v) is 1.62. The first kappa shape index (κ1) is 11.1. The van der Waals surface area contributed by atoms with Gasteiger partial charge in [0.1, 0.15) is 11.2 Å². The number of rotatable bonds is 2. The van der Waals surface area contributed by atoms with Gasteiger partial charge in [-0.05, 0) is 18.6 Å². The van der Waals surface area contributed by atoms with E-state index in [-0.39, 0.29) is 17.0 Å². The highest BCUT2D eigenvalue weighted by Crippen LogP contribution is 2.13. The normalized spacial score (nSPS) is 11.2. The Bertz CT molecular complexity index is 646. The Morgan fingerprint density at radius 3 is 3.00 bits per heavy atom. The standard InChI is InChI=1S/C11H11N3O3/c1-7-4-3-5-14-9(7)13-10(17-2)8(6-12-16)11(14)15/h3-6,16H,1-2H3. The maximum atomic E-state index is 12.1. The smallest absolute Gasteiger partial charge is 0.270 e. The number of fused-ring (bicyclic) bond motifs is 1. The molecule has 0 fully saturated rings. The average Bonchev–Trinajstić information content (AvgIpc) is 2.33. The molecule has 2 aromatic rings. The lowest BCUT2D eigenvalue weighted by molar-refractivity contribution is 0.321. The Morgan fingerprint density at radius 1 is 1.59 bits per heavy atom. The monoisotopic (exact) mass is 233 g/mol. The van der Waals surface area contributed by atoms with E-state index < -0.39 is 0 Å². The molecule has 6 nitrogen and oxygen atoms in total. The number of hydrogen-bond donors (Lipinski definition) is 1. The summed E-state index contributed by atoms with van der Waals surface area (Å²) in [5, 5.41) is 11.4. The lowest BCUT2D eigenvalue weighted by Gasteiger charge is -2.07. The molecule has 0 saturated heterocycles. The Morgan fingerprint density at radius 2 is 2.35 bits per heavy atom. The first-order chi connectivity index (χ1) is 8.19. The van der Waals surface area contributed by atoms with E-state index in [1.54, 1.807) is 12.3 Å². The third kappa shape index (κ3) is 1.73. The van der Waals surface area contributed by atoms with Crippen molar-refractivity contribution < 1.29 is 9.94 Å². The quantitative estimate of drug-likeness (QED) is 0.473. The topological polar surface area (TPSA) is 76.2 Å². The molecule has 17 heavy (non-hydrogen) atoms. The minimum Gasteiger partial charge on any atom is -0.480 e. The molecule has 2 heterocycles. The second-order valence-corrected chi connectivity index (χ2v) is 3.47. The first-order valence-corrected chi connectivity index (χ1v) is 4.92. The van der Waals surface area contributed by atoms with Crippen LogP contribution in [0.15, 0.2) is 28.3 Å². The van der Waals surface area contributed by atoms with Crippen LogP contribution in [0.25, 0.3) is 5.65 Å². The molecule has 0 aromatic carbocycles. The molecular weight excluding hydrogens is 222 g/mol. The zero-order chi connectivity index (χ0) is 12.4. The van der Waals surface area contributed by atoms with Crippen LogP contribution in [0.4, 0.5) is 0 Å². The number of nitrogens with zero attached hydrogens (tertiary/aromatic N) is 3. The maximum Gasteiger partial charge on any atom is 0.270 e. The maximum absolute atomic E-state index is 12.1. The predicted octanol–water partition coefficient (Wildman–Crippen LogP) is 0.820. The van der Waals surface area contributed by atoms with E-state index in [1.165, 1.54) is 11.5 Å². The first-order valence-electron chi connectivity index (χ1n) is 4.92. The van der Waals surface area contributed by atoms with E-state index in [2.05, 4.69) is 10.1 Å². The fourth-order valence-electron chi connectivity index (χ4n) is 1.62. The molecule has 0 aliphatic rings. The molecule has 1 N–H and O–H groups in total. The zero-order valence-corrected chi connectivity index (χ0v) is 9.41. The van der Waals surface area contributed by atoms with Crippen molar-refractivity contribution in [3.63, 3.8) is 0 Å². The van der Waals surface area contributed by atoms with Gasteiger partial charge >= 0.3 is 0 Å². The van der Waals surface area contributed by atoms with Crippen molar-refractivity contribution in [1.82, 2.24) is 9.38 Å². The van der Waals surface area contributed by atoms with Gasteiger partial charge in [0.15, 0.2) is 0 Å². The van der Waals surface area contributed by atoms with Crippen LogP contribution in [0.2, 0.25) is 0 Å². The number of oxime groups is 1. The summed E-state index contributed by atoms with van der Waals surface area (Å²) in [6, 6.07) is 3.60. The van der Waals surface area contributed by atoms with Gasteiger partial charge in [-0.15, -0.1) is 0 Å². The Kier molecular flexibility index (Phi) is 2.78. The van der Waals surface area contributed by atoms with Crippen LogP contribution in [-0.4, -0.2) is 27.9 Å². The molecule has 6 heteroatoms. The van der Waals surface area contributed by atoms with E-state index in [0.717, 1.165) is 11.8 Å². The van der Waals surface area contributed by atoms with Crippen molar-refractivity contribution >= 4 is 11.9 Å². The second-order valence-electron chi connectivity index (χ2n) is 3.47. The van der Waals surface area contributed by atoms with Crippen LogP contribution >= 0.6 is 0 Å². The summed E-state index contributed by atoms with van der Waals surface area (Å²) in [6.07, 6.45) is 2.62. The van der Waals surface area contributed by atoms with Crippen LogP contribution in [0.5, 0.6) is 5.88 Å². The summed E-state index contributed by atoms with van der Waals surface area (Å²) < 4.78 is 6.40. The summed E-state index contributed by atoms with van der Waals surface area (Å²) in [6.45, 7) is 1.85. The largest absolute Gasteiger partial charge is 0.480 e. The minimum absolute atomic E-state index is 0.109. The van der Waals surface area contributed by atoms with Gasteiger partial charge in [0, 0.05) is 6.20 Å². The van der Waals surface area contributed by atoms with E-state index in [9.17, 15) is 4.79 Å². The molecule has 0 bridgehead atoms. The van der Waals surface area contributed by atoms with Crippen molar-refractivity contribution in [2.75, 3.05) is 7.11 Å². The fraction of sp³-hybridized carbons (Fsp3) is 0.182. The van der Waals surface area contributed by atoms with Gasteiger partial charge in [-0.3, -0.25) is 9.20 Å². The van der Waals surface area contributed by atoms with Gasteiger partial charge in [0.05, 0.1) is 13.3 Å². The molecule has 88 valence electrons. The number of pyridine rings is 1. The van der Waals surface area contributed by atoms with Crippen molar-refractivity contribution in [2.45, 2.75) is 6.92 Å². The van der Waals surface area contributed by atoms with Crippen LogP contribution in [0.3, 0.4) is 0 Å². The van der Waals surface area contributed by atoms with E-state index >= 15 is 0 Å². The molecular formula is C11H11N3O3. The van der Waals surface area contributed by atoms with Crippen molar-refractivity contribution in [3.8, 4) is 5.88 Å². The van der Waals surface area contributed by atoms with Crippen LogP contribution in [0.1, 0.15) is 11.1 Å². The van der Waals surface area contributed by atoms with Gasteiger partial charge in [0.25, 0.3) is 5.56 Å². The molecule has 0 saturated carbocycles. The predicted molar refractivity (Wildman–Crippen MR) is 62.1 cm³/mol. The molecule has 0 radical (unpaired) electrons. The highest BCUT2D eigenvalue weighted by atomic mass is 16.5. The SMILES string of the molecule is COc1nc2c(C)cccn2c(=O)c1C=NO. The Hall–Kier alpha value is -2.37. The van der Waals surface area contributed by atoms with Gasteiger partial charge in [-0.25, -0.2) is 0 Å². The zero-order valence-electron chi connectivity index (χ0n) is 9.41. The Labute approximate surface area is 96.8 Å². The number of ether oxygens (including phenoxy) is 1. The third-order valence-corrected chi connectivity index (χ3v) is 2.43. The van der Waals surface area contributed by atoms with Crippen molar-refractivity contribution in [3.05, 3.63) is 39.8 Å². The van der Waals surface area contributed by atoms with Crippen LogP contribution < -0.4 is 10.3 Å². The number of aromatic nitrogens is 2. The molecule has 0 aliphatic carbocycles. The molecule has 0 atom stereocenters. The van der Waals surface area contributed by atoms with E-state index in [0.29, 0.717) is 5.65 Å². The average molecular weight is 233 g/mol. The summed E-state index contributed by atoms with van der Waals surface area (Å²) in [5.41, 5.74) is 1.14. The molecule has 0 amide bonds. The van der Waals surface area contributed by atoms with Crippen molar-refractivity contribution in [2.24, 2.45) is 5.16 Å². The summed E-state index contributed by atoms with van der Waals surface area (Å²) in [7, 11) is 1.41. The minimum atomic E-state index is -0.339. The lowest BCUT2D eigenvalue weighted by atomic mass is 10.2. The van der Waals surface area contributed by atoms with Gasteiger partial charge in [-0.2, -0.15) is 4.98 Å². The molecule has 2 rings (SSSR count). The van der Waals surface area contributed by atoms with Gasteiger partial charge in [-0.1, -0.05) is 11.2 Å². The van der Waals surface area contributed by atoms with Crippen molar-refractivity contribution in [1.29, 1.82) is 0 Å². The molecule has 2 aromatic heterocycles. The van der Waals surface area contributed by atoms with Crippen LogP contribution in [0, 0.1) is 6.92 Å². The summed E-state index contributed by atoms with van der Waals surface area (Å²) in [5.74, 6) is 0.141. The highest BCUT2D eigenvalue weighted by Gasteiger charge is 2.12.